The summed E-state index contributed by atoms with van der Waals surface area (Å²) < 4.78 is 4.52. The molecule has 0 aliphatic rings. The third-order valence-electron chi connectivity index (χ3n) is 1.58. The van der Waals surface area contributed by atoms with Gasteiger partial charge in [0.15, 0.2) is 6.39 Å². The second-order valence-electron chi connectivity index (χ2n) is 2.31. The summed E-state index contributed by atoms with van der Waals surface area (Å²) in [5.74, 6) is -0.0135. The summed E-state index contributed by atoms with van der Waals surface area (Å²) >= 11 is 0. The van der Waals surface area contributed by atoms with Crippen LogP contribution in [0, 0.1) is 0 Å². The molecule has 0 spiro atoms. The third kappa shape index (κ3) is 0.852. The van der Waals surface area contributed by atoms with Gasteiger partial charge in [-0.15, -0.1) is 0 Å². The van der Waals surface area contributed by atoms with Crippen LogP contribution in [0.2, 0.25) is 0 Å². The molecule has 1 aromatic heterocycles. The molecule has 1 heterocycles. The minimum Gasteiger partial charge on any atom is -0.506 e. The number of para-hydroxylation sites is 1. The molecule has 2 rings (SSSR count). The van der Waals surface area contributed by atoms with Crippen molar-refractivity contribution in [2.24, 2.45) is 0 Å². The topological polar surface area (TPSA) is 63.3 Å². The molecule has 1 N–H and O–H groups in total. The number of fused-ring (bicyclic) bond motifs is 1. The zero-order chi connectivity index (χ0) is 8.55. The zero-order valence-corrected chi connectivity index (χ0v) is 6.02. The minimum absolute atomic E-state index is 0.0135. The maximum Gasteiger partial charge on any atom is 0.346 e. The summed E-state index contributed by atoms with van der Waals surface area (Å²) in [5.41, 5.74) is -0.218. The van der Waals surface area contributed by atoms with E-state index in [1.54, 1.807) is 12.1 Å². The molecule has 60 valence electrons. The van der Waals surface area contributed by atoms with Crippen molar-refractivity contribution in [1.29, 1.82) is 0 Å². The first-order valence-corrected chi connectivity index (χ1v) is 3.34. The van der Waals surface area contributed by atoms with Crippen LogP contribution in [0.15, 0.2) is 33.8 Å². The van der Waals surface area contributed by atoms with E-state index in [1.165, 1.54) is 6.07 Å². The molecule has 2 aromatic rings. The summed E-state index contributed by atoms with van der Waals surface area (Å²) in [6, 6.07) is 4.58. The molecule has 1 aromatic carbocycles. The Morgan fingerprint density at radius 2 is 2.25 bits per heavy atom. The second-order valence-corrected chi connectivity index (χ2v) is 2.31. The van der Waals surface area contributed by atoms with Crippen molar-refractivity contribution in [3.8, 4) is 5.75 Å². The highest BCUT2D eigenvalue weighted by Gasteiger charge is 2.03. The van der Waals surface area contributed by atoms with Crippen LogP contribution in [0.1, 0.15) is 0 Å². The van der Waals surface area contributed by atoms with Crippen LogP contribution >= 0.6 is 0 Å². The molecule has 4 heteroatoms. The van der Waals surface area contributed by atoms with Crippen molar-refractivity contribution in [3.63, 3.8) is 0 Å². The van der Waals surface area contributed by atoms with Crippen molar-refractivity contribution in [2.75, 3.05) is 0 Å². The molecule has 0 bridgehead atoms. The molecular formula is C8H5NO3. The van der Waals surface area contributed by atoms with Crippen LogP contribution < -0.4 is 5.63 Å². The maximum absolute atomic E-state index is 11.0. The van der Waals surface area contributed by atoms with E-state index in [0.717, 1.165) is 6.39 Å². The zero-order valence-electron chi connectivity index (χ0n) is 6.02. The van der Waals surface area contributed by atoms with Crippen LogP contribution in [-0.4, -0.2) is 10.1 Å². The summed E-state index contributed by atoms with van der Waals surface area (Å²) in [4.78, 5) is 14.7. The van der Waals surface area contributed by atoms with Gasteiger partial charge >= 0.3 is 5.63 Å². The van der Waals surface area contributed by atoms with Crippen molar-refractivity contribution < 1.29 is 9.52 Å². The van der Waals surface area contributed by atoms with Gasteiger partial charge in [-0.2, -0.15) is 0 Å². The average molecular weight is 163 g/mol. The molecule has 0 atom stereocenters. The van der Waals surface area contributed by atoms with E-state index in [2.05, 4.69) is 9.40 Å². The summed E-state index contributed by atoms with van der Waals surface area (Å²) in [6.07, 6.45) is 1.02. The fourth-order valence-corrected chi connectivity index (χ4v) is 1.02. The number of nitrogens with zero attached hydrogens (tertiary/aromatic N) is 1. The molecule has 0 unspecified atom stereocenters. The smallest absolute Gasteiger partial charge is 0.346 e. The van der Waals surface area contributed by atoms with Gasteiger partial charge in [0, 0.05) is 0 Å². The third-order valence-corrected chi connectivity index (χ3v) is 1.58. The molecule has 0 saturated heterocycles. The van der Waals surface area contributed by atoms with Gasteiger partial charge in [-0.25, -0.2) is 9.78 Å². The number of benzene rings is 1. The predicted octanol–water partition coefficient (Wildman–Crippen LogP) is 0.894. The van der Waals surface area contributed by atoms with E-state index in [4.69, 9.17) is 0 Å². The Morgan fingerprint density at radius 3 is 3.00 bits per heavy atom. The highest BCUT2D eigenvalue weighted by molar-refractivity contribution is 5.82. The molecule has 12 heavy (non-hydrogen) atoms. The number of aromatic nitrogens is 1. The summed E-state index contributed by atoms with van der Waals surface area (Å²) in [6.45, 7) is 0. The fourth-order valence-electron chi connectivity index (χ4n) is 1.02. The summed E-state index contributed by atoms with van der Waals surface area (Å²) in [7, 11) is 0. The van der Waals surface area contributed by atoms with Crippen molar-refractivity contribution in [2.45, 2.75) is 0 Å². The first-order chi connectivity index (χ1) is 5.79. The van der Waals surface area contributed by atoms with Gasteiger partial charge in [0.1, 0.15) is 11.3 Å². The molecule has 0 radical (unpaired) electrons. The van der Waals surface area contributed by atoms with Crippen LogP contribution in [-0.2, 0) is 0 Å². The second kappa shape index (κ2) is 2.34. The summed E-state index contributed by atoms with van der Waals surface area (Å²) in [5, 5.41) is 9.54. The lowest BCUT2D eigenvalue weighted by Crippen LogP contribution is -1.99. The predicted molar refractivity (Wildman–Crippen MR) is 41.9 cm³/mol. The van der Waals surface area contributed by atoms with E-state index in [9.17, 15) is 9.90 Å². The van der Waals surface area contributed by atoms with Crippen LogP contribution in [0.25, 0.3) is 10.9 Å². The molecule has 0 amide bonds. The van der Waals surface area contributed by atoms with Gasteiger partial charge in [0.25, 0.3) is 0 Å². The monoisotopic (exact) mass is 163 g/mol. The van der Waals surface area contributed by atoms with E-state index in [-0.39, 0.29) is 16.7 Å². The lowest BCUT2D eigenvalue weighted by Gasteiger charge is -1.95. The van der Waals surface area contributed by atoms with Gasteiger partial charge in [0.2, 0.25) is 0 Å². The number of hydrogen-bond donors (Lipinski definition) is 1. The largest absolute Gasteiger partial charge is 0.506 e. The number of phenols is 1. The molecule has 0 aliphatic carbocycles. The lowest BCUT2D eigenvalue weighted by atomic mass is 10.2. The Labute approximate surface area is 67.1 Å². The van der Waals surface area contributed by atoms with E-state index in [1.807, 2.05) is 0 Å². The molecule has 0 fully saturated rings. The average Bonchev–Trinajstić information content (AvgIpc) is 2.07. The van der Waals surface area contributed by atoms with Gasteiger partial charge in [-0.1, -0.05) is 6.07 Å². The van der Waals surface area contributed by atoms with Crippen LogP contribution in [0.4, 0.5) is 0 Å². The normalized spacial score (nSPS) is 10.3. The first kappa shape index (κ1) is 6.84. The van der Waals surface area contributed by atoms with Crippen molar-refractivity contribution >= 4 is 10.9 Å². The molecule has 0 aliphatic heterocycles. The Balaban J connectivity index is 3.05. The minimum atomic E-state index is -0.490. The van der Waals surface area contributed by atoms with Gasteiger partial charge in [-0.3, -0.25) is 0 Å². The van der Waals surface area contributed by atoms with E-state index >= 15 is 0 Å². The molecule has 4 nitrogen and oxygen atoms in total. The number of hydrogen-bond acceptors (Lipinski definition) is 4. The Bertz CT molecular complexity index is 475. The van der Waals surface area contributed by atoms with Gasteiger partial charge in [0.05, 0.1) is 5.39 Å². The van der Waals surface area contributed by atoms with Crippen LogP contribution in [0.3, 0.4) is 0 Å². The fraction of sp³-hybridized carbons (Fsp3) is 0. The highest BCUT2D eigenvalue weighted by Crippen LogP contribution is 2.18. The molecular weight excluding hydrogens is 158 g/mol. The Hall–Kier alpha value is -1.84. The number of aromatic hydroxyl groups is 1. The van der Waals surface area contributed by atoms with Crippen molar-refractivity contribution in [1.82, 2.24) is 4.98 Å². The standard InChI is InChI=1S/C8H5NO3/c10-6-3-1-2-5-7(6)9-4-12-8(5)11/h1-4,10H. The van der Waals surface area contributed by atoms with Gasteiger partial charge in [-0.05, 0) is 12.1 Å². The quantitative estimate of drug-likeness (QED) is 0.626. The number of rotatable bonds is 0. The van der Waals surface area contributed by atoms with Gasteiger partial charge < -0.3 is 9.52 Å². The van der Waals surface area contributed by atoms with E-state index < -0.39 is 5.63 Å². The Kier molecular flexibility index (Phi) is 1.33. The Morgan fingerprint density at radius 1 is 1.42 bits per heavy atom. The van der Waals surface area contributed by atoms with Crippen molar-refractivity contribution in [3.05, 3.63) is 35.0 Å². The highest BCUT2D eigenvalue weighted by atomic mass is 16.4. The first-order valence-electron chi connectivity index (χ1n) is 3.34. The lowest BCUT2D eigenvalue weighted by molar-refractivity contribution is 0.473. The SMILES string of the molecule is O=c1ocnc2c(O)cccc12. The number of phenolic OH excluding ortho intramolecular Hbond substituents is 1. The maximum atomic E-state index is 11.0. The van der Waals surface area contributed by atoms with Crippen LogP contribution in [0.5, 0.6) is 5.75 Å². The molecule has 0 saturated carbocycles. The van der Waals surface area contributed by atoms with E-state index in [0.29, 0.717) is 0 Å².